The van der Waals surface area contributed by atoms with Crippen molar-refractivity contribution >= 4 is 44.7 Å². The molecular formula is C35H44FN3O9S. The second kappa shape index (κ2) is 13.5. The predicted molar refractivity (Wildman–Crippen MR) is 175 cm³/mol. The van der Waals surface area contributed by atoms with Gasteiger partial charge in [0.2, 0.25) is 21.8 Å². The van der Waals surface area contributed by atoms with E-state index < -0.39 is 73.7 Å². The maximum absolute atomic E-state index is 14.3. The van der Waals surface area contributed by atoms with Crippen molar-refractivity contribution in [3.05, 3.63) is 36.2 Å². The van der Waals surface area contributed by atoms with E-state index in [9.17, 15) is 32.0 Å². The molecule has 1 N–H and O–H groups in total. The smallest absolute Gasteiger partial charge is 0.395 e. The number of ether oxygens (including phenoxy) is 2. The van der Waals surface area contributed by atoms with Crippen LogP contribution in [0.15, 0.2) is 34.8 Å². The maximum Gasteiger partial charge on any atom is 0.395 e. The molecule has 2 aromatic rings. The highest BCUT2D eigenvalue weighted by atomic mass is 32.2. The molecule has 5 atom stereocenters. The van der Waals surface area contributed by atoms with Crippen LogP contribution in [0.3, 0.4) is 0 Å². The third kappa shape index (κ3) is 7.99. The quantitative estimate of drug-likeness (QED) is 0.315. The number of amides is 2. The third-order valence-electron chi connectivity index (χ3n) is 9.78. The fourth-order valence-corrected chi connectivity index (χ4v) is 8.38. The van der Waals surface area contributed by atoms with Crippen LogP contribution in [-0.4, -0.2) is 71.4 Å². The Balaban J connectivity index is 1.29. The molecule has 0 radical (unpaired) electrons. The van der Waals surface area contributed by atoms with E-state index in [1.165, 1.54) is 17.0 Å². The summed E-state index contributed by atoms with van der Waals surface area (Å²) in [6.45, 7) is 5.20. The summed E-state index contributed by atoms with van der Waals surface area (Å²) in [6.07, 6.45) is 7.14. The molecule has 2 aliphatic heterocycles. The summed E-state index contributed by atoms with van der Waals surface area (Å²) in [4.78, 5) is 60.8. The van der Waals surface area contributed by atoms with Crippen LogP contribution in [0.1, 0.15) is 91.4 Å². The Hall–Kier alpha value is -3.81. The summed E-state index contributed by atoms with van der Waals surface area (Å²) < 4.78 is 59.1. The number of para-hydroxylation sites is 1. The number of ketones is 1. The molecule has 1 aromatic heterocycles. The van der Waals surface area contributed by atoms with Crippen LogP contribution in [0.25, 0.3) is 11.1 Å². The van der Waals surface area contributed by atoms with E-state index >= 15 is 0 Å². The molecule has 4 aliphatic rings. The Morgan fingerprint density at radius 1 is 1.14 bits per heavy atom. The average molecular weight is 702 g/mol. The molecule has 266 valence electrons. The van der Waals surface area contributed by atoms with Gasteiger partial charge in [0.15, 0.2) is 17.2 Å². The van der Waals surface area contributed by atoms with E-state index in [0.717, 1.165) is 19.3 Å². The number of aromatic nitrogens is 1. The summed E-state index contributed by atoms with van der Waals surface area (Å²) in [5.74, 6) is -3.76. The monoisotopic (exact) mass is 701 g/mol. The molecule has 2 aliphatic carbocycles. The molecule has 1 saturated heterocycles. The van der Waals surface area contributed by atoms with Crippen molar-refractivity contribution in [3.8, 4) is 6.08 Å². The second-order valence-corrected chi connectivity index (χ2v) is 16.8. The number of hydrogen-bond acceptors (Lipinski definition) is 10. The molecule has 3 heterocycles. The summed E-state index contributed by atoms with van der Waals surface area (Å²) in [5.41, 5.74) is -1.86. The molecule has 12 nitrogen and oxygen atoms in total. The normalized spacial score (nSPS) is 28.9. The van der Waals surface area contributed by atoms with E-state index in [2.05, 4.69) is 9.71 Å². The number of Topliss-reactive ketones (excluding diaryl/α,β-unsaturated/α-hetero) is 1. The van der Waals surface area contributed by atoms with Gasteiger partial charge in [0.05, 0.1) is 29.7 Å². The number of esters is 1. The number of rotatable bonds is 7. The van der Waals surface area contributed by atoms with Crippen molar-refractivity contribution in [2.75, 3.05) is 6.54 Å². The fraction of sp³-hybridized carbons (Fsp3) is 0.629. The molecule has 14 heteroatoms. The van der Waals surface area contributed by atoms with Gasteiger partial charge in [0.25, 0.3) is 0 Å². The van der Waals surface area contributed by atoms with Gasteiger partial charge >= 0.3 is 12.0 Å². The first-order valence-corrected chi connectivity index (χ1v) is 18.7. The van der Waals surface area contributed by atoms with E-state index in [-0.39, 0.29) is 48.9 Å². The number of allylic oxidation sites excluding steroid dienone is 2. The van der Waals surface area contributed by atoms with E-state index in [0.29, 0.717) is 32.1 Å². The number of sulfonamides is 1. The number of benzene rings is 1. The van der Waals surface area contributed by atoms with Gasteiger partial charge < -0.3 is 18.8 Å². The Bertz CT molecular complexity index is 1760. The van der Waals surface area contributed by atoms with Crippen LogP contribution in [0.5, 0.6) is 6.08 Å². The van der Waals surface area contributed by atoms with Gasteiger partial charge in [0, 0.05) is 18.8 Å². The van der Waals surface area contributed by atoms with Gasteiger partial charge in [-0.1, -0.05) is 31.1 Å². The number of nitrogens with one attached hydrogen (secondary N) is 1. The lowest BCUT2D eigenvalue weighted by atomic mass is 9.90. The zero-order chi connectivity index (χ0) is 35.1. The Morgan fingerprint density at radius 2 is 1.92 bits per heavy atom. The van der Waals surface area contributed by atoms with Gasteiger partial charge in [-0.05, 0) is 77.3 Å². The van der Waals surface area contributed by atoms with Crippen LogP contribution in [0, 0.1) is 23.1 Å². The lowest BCUT2D eigenvalue weighted by Gasteiger charge is -2.29. The summed E-state index contributed by atoms with van der Waals surface area (Å²) in [6, 6.07) is 3.25. The first-order valence-electron chi connectivity index (χ1n) is 17.1. The minimum atomic E-state index is -3.85. The van der Waals surface area contributed by atoms with Gasteiger partial charge in [-0.3, -0.25) is 23.9 Å². The SMILES string of the molecule is CC(C)(C)OC(=O)C[C@H]1CCCCC/C=C\[C@@H]2C[C@@]2(C(=O)NS(=O)(=O)C2CC2)CC(=O)[C@@H]2C[C@@H](Oc3nc4cccc(F)c4o3)CN2C1=O. The standard InChI is InChI=1S/C35H44FN3O9S/c1-34(2,3)48-29(41)16-21-10-7-5-4-6-8-11-22-18-35(22,32(43)38-49(44,45)24-14-15-24)19-28(40)27-17-23(20-39(27)31(21)42)46-33-37-26-13-9-12-25(36)30(26)47-33/h8-9,11-13,21-24,27H,4-7,10,14-20H2,1-3H3,(H,38,43)/b11-8-/t21-,22-,23-,27+,35-/m1/s1. The van der Waals surface area contributed by atoms with Gasteiger partial charge in [-0.25, -0.2) is 12.8 Å². The second-order valence-electron chi connectivity index (χ2n) is 14.9. The number of nitrogens with zero attached hydrogens (tertiary/aromatic N) is 2. The fourth-order valence-electron chi connectivity index (χ4n) is 6.99. The van der Waals surface area contributed by atoms with E-state index in [4.69, 9.17) is 13.9 Å². The largest absolute Gasteiger partial charge is 0.460 e. The maximum atomic E-state index is 14.3. The van der Waals surface area contributed by atoms with E-state index in [1.54, 1.807) is 26.8 Å². The first-order chi connectivity index (χ1) is 23.1. The Morgan fingerprint density at radius 3 is 2.63 bits per heavy atom. The summed E-state index contributed by atoms with van der Waals surface area (Å²) in [5, 5.41) is -0.610. The van der Waals surface area contributed by atoms with Gasteiger partial charge in [0.1, 0.15) is 17.2 Å². The molecule has 49 heavy (non-hydrogen) atoms. The van der Waals surface area contributed by atoms with Crippen molar-refractivity contribution in [2.45, 2.75) is 114 Å². The number of carbonyl (C=O) groups excluding carboxylic acids is 4. The summed E-state index contributed by atoms with van der Waals surface area (Å²) in [7, 11) is -3.85. The van der Waals surface area contributed by atoms with Crippen LogP contribution < -0.4 is 9.46 Å². The molecule has 1 aromatic carbocycles. The number of oxazole rings is 1. The zero-order valence-corrected chi connectivity index (χ0v) is 28.9. The molecule has 0 unspecified atom stereocenters. The molecule has 2 saturated carbocycles. The number of fused-ring (bicyclic) bond motifs is 3. The van der Waals surface area contributed by atoms with Crippen LogP contribution >= 0.6 is 0 Å². The van der Waals surface area contributed by atoms with E-state index in [1.807, 2.05) is 12.2 Å². The number of halogens is 1. The molecule has 0 spiro atoms. The van der Waals surface area contributed by atoms with Crippen molar-refractivity contribution in [1.29, 1.82) is 0 Å². The lowest BCUT2D eigenvalue weighted by molar-refractivity contribution is -0.159. The minimum Gasteiger partial charge on any atom is -0.460 e. The minimum absolute atomic E-state index is 0.0313. The number of hydrogen-bond donors (Lipinski definition) is 1. The highest BCUT2D eigenvalue weighted by Crippen LogP contribution is 2.57. The highest BCUT2D eigenvalue weighted by Gasteiger charge is 2.61. The average Bonchev–Trinajstić information content (AvgIpc) is 3.90. The molecule has 6 rings (SSSR count). The van der Waals surface area contributed by atoms with Crippen LogP contribution in [0.4, 0.5) is 4.39 Å². The van der Waals surface area contributed by atoms with Crippen molar-refractivity contribution < 1.29 is 45.9 Å². The Kier molecular flexibility index (Phi) is 9.64. The van der Waals surface area contributed by atoms with Crippen LogP contribution in [-0.2, 0) is 33.9 Å². The zero-order valence-electron chi connectivity index (χ0n) is 28.1. The molecule has 2 amide bonds. The van der Waals surface area contributed by atoms with Gasteiger partial charge in [-0.15, -0.1) is 0 Å². The molecular weight excluding hydrogens is 657 g/mol. The third-order valence-corrected chi connectivity index (χ3v) is 11.6. The predicted octanol–water partition coefficient (Wildman–Crippen LogP) is 4.76. The van der Waals surface area contributed by atoms with Crippen LogP contribution in [0.2, 0.25) is 0 Å². The molecule has 0 bridgehead atoms. The topological polar surface area (TPSA) is 162 Å². The highest BCUT2D eigenvalue weighted by molar-refractivity contribution is 7.90. The lowest BCUT2D eigenvalue weighted by Crippen LogP contribution is -2.46. The first kappa shape index (κ1) is 35.0. The van der Waals surface area contributed by atoms with Crippen molar-refractivity contribution in [1.82, 2.24) is 14.6 Å². The Labute approximate surface area is 285 Å². The van der Waals surface area contributed by atoms with Crippen molar-refractivity contribution in [2.24, 2.45) is 17.3 Å². The van der Waals surface area contributed by atoms with Gasteiger partial charge in [-0.2, -0.15) is 4.98 Å². The van der Waals surface area contributed by atoms with Crippen molar-refractivity contribution in [3.63, 3.8) is 0 Å². The summed E-state index contributed by atoms with van der Waals surface area (Å²) >= 11 is 0. The molecule has 3 fully saturated rings. The number of carbonyl (C=O) groups is 4.